The van der Waals surface area contributed by atoms with Gasteiger partial charge in [0.15, 0.2) is 6.10 Å². The number of rotatable bonds is 2. The molecule has 104 valence electrons. The zero-order valence-corrected chi connectivity index (χ0v) is 10.1. The Balaban J connectivity index is 2.05. The Bertz CT molecular complexity index is 465. The first-order valence-electron chi connectivity index (χ1n) is 5.76. The van der Waals surface area contributed by atoms with Crippen molar-refractivity contribution < 1.29 is 23.4 Å². The number of benzene rings is 1. The highest BCUT2D eigenvalue weighted by Gasteiger charge is 2.47. The molecule has 19 heavy (non-hydrogen) atoms. The van der Waals surface area contributed by atoms with E-state index < -0.39 is 24.7 Å². The van der Waals surface area contributed by atoms with E-state index in [0.29, 0.717) is 16.3 Å². The van der Waals surface area contributed by atoms with Crippen molar-refractivity contribution in [1.29, 1.82) is 0 Å². The average molecular weight is 272 g/mol. The molecule has 0 saturated carbocycles. The standard InChI is InChI=1S/C12H14F2N2O3/c13-12(14)7-16(11(17)18)6-5-10(12)19-9-3-1-8(15)2-4-9/h1-4,10H,5-7,15H2,(H,17,18). The predicted molar refractivity (Wildman–Crippen MR) is 64.4 cm³/mol. The lowest BCUT2D eigenvalue weighted by Gasteiger charge is -2.36. The first-order chi connectivity index (χ1) is 8.88. The summed E-state index contributed by atoms with van der Waals surface area (Å²) in [5.74, 6) is -2.92. The van der Waals surface area contributed by atoms with E-state index in [1.165, 1.54) is 12.1 Å². The maximum absolute atomic E-state index is 13.8. The number of hydrogen-bond donors (Lipinski definition) is 2. The molecule has 1 fully saturated rings. The summed E-state index contributed by atoms with van der Waals surface area (Å²) >= 11 is 0. The summed E-state index contributed by atoms with van der Waals surface area (Å²) in [6.07, 6.45) is -2.72. The number of hydrogen-bond acceptors (Lipinski definition) is 3. The maximum Gasteiger partial charge on any atom is 0.407 e. The second kappa shape index (κ2) is 4.91. The molecule has 1 heterocycles. The number of amides is 1. The zero-order chi connectivity index (χ0) is 14.0. The highest BCUT2D eigenvalue weighted by Crippen LogP contribution is 2.31. The Kier molecular flexibility index (Phi) is 3.46. The molecule has 2 rings (SSSR count). The van der Waals surface area contributed by atoms with E-state index in [4.69, 9.17) is 15.6 Å². The Morgan fingerprint density at radius 1 is 1.42 bits per heavy atom. The Labute approximate surface area is 108 Å². The van der Waals surface area contributed by atoms with Crippen LogP contribution in [0.25, 0.3) is 0 Å². The van der Waals surface area contributed by atoms with Crippen LogP contribution in [0.1, 0.15) is 6.42 Å². The molecule has 3 N–H and O–H groups in total. The van der Waals surface area contributed by atoms with Crippen LogP contribution in [-0.4, -0.2) is 41.2 Å². The van der Waals surface area contributed by atoms with E-state index in [1.807, 2.05) is 0 Å². The van der Waals surface area contributed by atoms with E-state index in [0.717, 1.165) is 0 Å². The van der Waals surface area contributed by atoms with Crippen LogP contribution in [0.2, 0.25) is 0 Å². The highest BCUT2D eigenvalue weighted by atomic mass is 19.3. The summed E-state index contributed by atoms with van der Waals surface area (Å²) in [6, 6.07) is 6.13. The first kappa shape index (κ1) is 13.4. The van der Waals surface area contributed by atoms with E-state index in [1.54, 1.807) is 12.1 Å². The van der Waals surface area contributed by atoms with E-state index in [2.05, 4.69) is 0 Å². The van der Waals surface area contributed by atoms with Gasteiger partial charge in [-0.05, 0) is 24.3 Å². The van der Waals surface area contributed by atoms with Crippen LogP contribution in [0.4, 0.5) is 19.3 Å². The SMILES string of the molecule is Nc1ccc(OC2CCN(C(=O)O)CC2(F)F)cc1. The van der Waals surface area contributed by atoms with Crippen molar-refractivity contribution in [3.63, 3.8) is 0 Å². The van der Waals surface area contributed by atoms with Gasteiger partial charge in [-0.15, -0.1) is 0 Å². The van der Waals surface area contributed by atoms with Gasteiger partial charge in [-0.25, -0.2) is 13.6 Å². The van der Waals surface area contributed by atoms with Crippen LogP contribution in [0.15, 0.2) is 24.3 Å². The zero-order valence-electron chi connectivity index (χ0n) is 10.1. The van der Waals surface area contributed by atoms with Crippen LogP contribution in [-0.2, 0) is 0 Å². The molecule has 0 aliphatic carbocycles. The average Bonchev–Trinajstić information content (AvgIpc) is 2.33. The van der Waals surface area contributed by atoms with Crippen molar-refractivity contribution in [3.8, 4) is 5.75 Å². The number of nitrogens with two attached hydrogens (primary N) is 1. The van der Waals surface area contributed by atoms with Crippen LogP contribution < -0.4 is 10.5 Å². The molecule has 7 heteroatoms. The number of nitrogen functional groups attached to an aromatic ring is 1. The lowest BCUT2D eigenvalue weighted by atomic mass is 10.0. The summed E-state index contributed by atoms with van der Waals surface area (Å²) in [5, 5.41) is 8.71. The Morgan fingerprint density at radius 2 is 2.05 bits per heavy atom. The number of ether oxygens (including phenoxy) is 1. The third kappa shape index (κ3) is 3.04. The van der Waals surface area contributed by atoms with Crippen molar-refractivity contribution in [2.24, 2.45) is 0 Å². The molecule has 5 nitrogen and oxygen atoms in total. The molecule has 1 saturated heterocycles. The van der Waals surface area contributed by atoms with Crippen LogP contribution >= 0.6 is 0 Å². The number of alkyl halides is 2. The Morgan fingerprint density at radius 3 is 2.58 bits per heavy atom. The number of carbonyl (C=O) groups is 1. The van der Waals surface area contributed by atoms with Gasteiger partial charge in [0, 0.05) is 18.7 Å². The van der Waals surface area contributed by atoms with Gasteiger partial charge in [0.1, 0.15) is 5.75 Å². The summed E-state index contributed by atoms with van der Waals surface area (Å²) in [7, 11) is 0. The predicted octanol–water partition coefficient (Wildman–Crippen LogP) is 2.04. The molecule has 0 radical (unpaired) electrons. The summed E-state index contributed by atoms with van der Waals surface area (Å²) in [6.45, 7) is -0.813. The minimum atomic E-state index is -3.21. The van der Waals surface area contributed by atoms with Crippen molar-refractivity contribution >= 4 is 11.8 Å². The summed E-state index contributed by atoms with van der Waals surface area (Å²) in [4.78, 5) is 11.4. The summed E-state index contributed by atoms with van der Waals surface area (Å²) in [5.41, 5.74) is 6.00. The second-order valence-corrected chi connectivity index (χ2v) is 4.43. The van der Waals surface area contributed by atoms with Crippen molar-refractivity contribution in [2.75, 3.05) is 18.8 Å². The third-order valence-corrected chi connectivity index (χ3v) is 2.96. The number of likely N-dealkylation sites (tertiary alicyclic amines) is 1. The molecule has 1 unspecified atom stereocenters. The normalized spacial score (nSPS) is 22.0. The Hall–Kier alpha value is -2.05. The van der Waals surface area contributed by atoms with E-state index in [-0.39, 0.29) is 13.0 Å². The number of piperidine rings is 1. The number of nitrogens with zero attached hydrogens (tertiary/aromatic N) is 1. The molecule has 0 aromatic heterocycles. The lowest BCUT2D eigenvalue weighted by Crippen LogP contribution is -2.55. The molecule has 0 bridgehead atoms. The van der Waals surface area contributed by atoms with Crippen molar-refractivity contribution in [2.45, 2.75) is 18.4 Å². The quantitative estimate of drug-likeness (QED) is 0.808. The van der Waals surface area contributed by atoms with Crippen LogP contribution in [0.5, 0.6) is 5.75 Å². The fraction of sp³-hybridized carbons (Fsp3) is 0.417. The minimum absolute atomic E-state index is 0.0323. The molecule has 1 aliphatic rings. The topological polar surface area (TPSA) is 75.8 Å². The molecule has 1 aromatic rings. The van der Waals surface area contributed by atoms with E-state index in [9.17, 15) is 13.6 Å². The fourth-order valence-corrected chi connectivity index (χ4v) is 1.94. The molecule has 1 aromatic carbocycles. The molecule has 1 atom stereocenters. The molecule has 1 amide bonds. The number of halogens is 2. The van der Waals surface area contributed by atoms with Gasteiger partial charge >= 0.3 is 12.0 Å². The van der Waals surface area contributed by atoms with Gasteiger partial charge in [0.05, 0.1) is 6.54 Å². The van der Waals surface area contributed by atoms with Gasteiger partial charge < -0.3 is 20.5 Å². The maximum atomic E-state index is 13.8. The monoisotopic (exact) mass is 272 g/mol. The third-order valence-electron chi connectivity index (χ3n) is 2.96. The van der Waals surface area contributed by atoms with E-state index >= 15 is 0 Å². The second-order valence-electron chi connectivity index (χ2n) is 4.43. The summed E-state index contributed by atoms with van der Waals surface area (Å²) < 4.78 is 32.8. The fourth-order valence-electron chi connectivity index (χ4n) is 1.94. The smallest absolute Gasteiger partial charge is 0.407 e. The number of anilines is 1. The highest BCUT2D eigenvalue weighted by molar-refractivity contribution is 5.65. The van der Waals surface area contributed by atoms with Gasteiger partial charge in [0.25, 0.3) is 0 Å². The lowest BCUT2D eigenvalue weighted by molar-refractivity contribution is -0.133. The molecule has 1 aliphatic heterocycles. The molecular weight excluding hydrogens is 258 g/mol. The van der Waals surface area contributed by atoms with Gasteiger partial charge in [-0.2, -0.15) is 0 Å². The van der Waals surface area contributed by atoms with Gasteiger partial charge in [-0.3, -0.25) is 0 Å². The molecule has 0 spiro atoms. The minimum Gasteiger partial charge on any atom is -0.484 e. The molecular formula is C12H14F2N2O3. The van der Waals surface area contributed by atoms with Crippen LogP contribution in [0, 0.1) is 0 Å². The van der Waals surface area contributed by atoms with Crippen molar-refractivity contribution in [3.05, 3.63) is 24.3 Å². The van der Waals surface area contributed by atoms with Crippen LogP contribution in [0.3, 0.4) is 0 Å². The van der Waals surface area contributed by atoms with Crippen molar-refractivity contribution in [1.82, 2.24) is 4.90 Å². The first-order valence-corrected chi connectivity index (χ1v) is 5.76. The number of carboxylic acid groups (broad SMARTS) is 1. The van der Waals surface area contributed by atoms with Gasteiger partial charge in [-0.1, -0.05) is 0 Å². The van der Waals surface area contributed by atoms with Gasteiger partial charge in [0.2, 0.25) is 0 Å². The largest absolute Gasteiger partial charge is 0.484 e.